The molecule has 3 heteroatoms. The van der Waals surface area contributed by atoms with E-state index in [-0.39, 0.29) is 5.91 Å². The molecule has 2 aromatic rings. The molecule has 0 saturated heterocycles. The number of rotatable bonds is 3. The van der Waals surface area contributed by atoms with Crippen molar-refractivity contribution in [2.24, 2.45) is 5.92 Å². The van der Waals surface area contributed by atoms with Crippen LogP contribution in [0.25, 0.3) is 10.9 Å². The number of hydrogen-bond donors (Lipinski definition) is 0. The number of carbonyl (C=O) groups is 1. The van der Waals surface area contributed by atoms with Crippen molar-refractivity contribution in [1.29, 1.82) is 0 Å². The van der Waals surface area contributed by atoms with Gasteiger partial charge in [-0.2, -0.15) is 0 Å². The van der Waals surface area contributed by atoms with E-state index in [2.05, 4.69) is 11.9 Å². The number of nitrogens with zero attached hydrogens (tertiary/aromatic N) is 2. The third kappa shape index (κ3) is 3.13. The van der Waals surface area contributed by atoms with Crippen molar-refractivity contribution >= 4 is 16.8 Å². The fourth-order valence-corrected chi connectivity index (χ4v) is 3.43. The van der Waals surface area contributed by atoms with E-state index in [0.29, 0.717) is 12.5 Å². The highest BCUT2D eigenvalue weighted by Gasteiger charge is 2.25. The van der Waals surface area contributed by atoms with E-state index < -0.39 is 0 Å². The third-order valence-corrected chi connectivity index (χ3v) is 4.98. The summed E-state index contributed by atoms with van der Waals surface area (Å²) in [6, 6.07) is 10.5. The largest absolute Gasteiger partial charge is 0.342 e. The molecule has 116 valence electrons. The number of carbonyl (C=O) groups excluding carboxylic acids is 1. The van der Waals surface area contributed by atoms with Gasteiger partial charge in [-0.25, -0.2) is 0 Å². The summed E-state index contributed by atoms with van der Waals surface area (Å²) >= 11 is 0. The molecule has 1 aliphatic rings. The highest BCUT2D eigenvalue weighted by Crippen LogP contribution is 2.27. The van der Waals surface area contributed by atoms with Crippen LogP contribution in [0.2, 0.25) is 0 Å². The molecule has 1 heterocycles. The van der Waals surface area contributed by atoms with Gasteiger partial charge in [0.2, 0.25) is 5.91 Å². The van der Waals surface area contributed by atoms with Gasteiger partial charge in [-0.3, -0.25) is 9.78 Å². The molecule has 0 N–H and O–H groups in total. The second-order valence-electron chi connectivity index (χ2n) is 6.59. The van der Waals surface area contributed by atoms with Crippen LogP contribution >= 0.6 is 0 Å². The van der Waals surface area contributed by atoms with Gasteiger partial charge >= 0.3 is 0 Å². The third-order valence-electron chi connectivity index (χ3n) is 4.98. The van der Waals surface area contributed by atoms with Gasteiger partial charge in [0.05, 0.1) is 11.9 Å². The second-order valence-corrected chi connectivity index (χ2v) is 6.59. The number of pyridine rings is 1. The van der Waals surface area contributed by atoms with Gasteiger partial charge in [0.1, 0.15) is 0 Å². The number of fused-ring (bicyclic) bond motifs is 1. The Hall–Kier alpha value is -1.90. The SMILES string of the molecule is CC1CCC(N(C)C(=O)Cc2cccc3cccnc23)CC1. The summed E-state index contributed by atoms with van der Waals surface area (Å²) in [7, 11) is 1.96. The molecule has 3 rings (SSSR count). The van der Waals surface area contributed by atoms with Gasteiger partial charge < -0.3 is 4.90 Å². The molecule has 22 heavy (non-hydrogen) atoms. The molecule has 1 aliphatic carbocycles. The zero-order chi connectivity index (χ0) is 15.5. The minimum atomic E-state index is 0.206. The van der Waals surface area contributed by atoms with E-state index in [0.717, 1.165) is 35.2 Å². The van der Waals surface area contributed by atoms with Crippen molar-refractivity contribution in [3.8, 4) is 0 Å². The summed E-state index contributed by atoms with van der Waals surface area (Å²) < 4.78 is 0. The van der Waals surface area contributed by atoms with Crippen LogP contribution in [0.5, 0.6) is 0 Å². The normalized spacial score (nSPS) is 21.7. The number of para-hydroxylation sites is 1. The molecular formula is C19H24N2O. The predicted octanol–water partition coefficient (Wildman–Crippen LogP) is 3.81. The van der Waals surface area contributed by atoms with Gasteiger partial charge in [-0.1, -0.05) is 31.2 Å². The van der Waals surface area contributed by atoms with E-state index in [4.69, 9.17) is 0 Å². The van der Waals surface area contributed by atoms with Gasteiger partial charge in [0.25, 0.3) is 0 Å². The summed E-state index contributed by atoms with van der Waals surface area (Å²) in [5.74, 6) is 1.01. The highest BCUT2D eigenvalue weighted by atomic mass is 16.2. The zero-order valence-electron chi connectivity index (χ0n) is 13.5. The minimum absolute atomic E-state index is 0.206. The smallest absolute Gasteiger partial charge is 0.227 e. The predicted molar refractivity (Wildman–Crippen MR) is 89.6 cm³/mol. The highest BCUT2D eigenvalue weighted by molar-refractivity contribution is 5.87. The number of likely N-dealkylation sites (N-methyl/N-ethyl adjacent to an activating group) is 1. The van der Waals surface area contributed by atoms with Gasteiger partial charge in [0, 0.05) is 24.7 Å². The van der Waals surface area contributed by atoms with Crippen LogP contribution in [-0.2, 0) is 11.2 Å². The monoisotopic (exact) mass is 296 g/mol. The first-order valence-electron chi connectivity index (χ1n) is 8.23. The van der Waals surface area contributed by atoms with E-state index in [1.165, 1.54) is 12.8 Å². The molecule has 0 atom stereocenters. The van der Waals surface area contributed by atoms with Crippen molar-refractivity contribution in [2.75, 3.05) is 7.05 Å². The topological polar surface area (TPSA) is 33.2 Å². The molecule has 0 aliphatic heterocycles. The summed E-state index contributed by atoms with van der Waals surface area (Å²) in [5.41, 5.74) is 1.98. The lowest BCUT2D eigenvalue weighted by atomic mass is 9.86. The van der Waals surface area contributed by atoms with Gasteiger partial charge in [-0.15, -0.1) is 0 Å². The van der Waals surface area contributed by atoms with E-state index in [1.807, 2.05) is 42.3 Å². The van der Waals surface area contributed by atoms with Crippen molar-refractivity contribution in [2.45, 2.75) is 45.1 Å². The van der Waals surface area contributed by atoms with Crippen LogP contribution in [0.15, 0.2) is 36.5 Å². The Morgan fingerprint density at radius 1 is 1.18 bits per heavy atom. The summed E-state index contributed by atoms with van der Waals surface area (Å²) in [6.07, 6.45) is 6.98. The Balaban J connectivity index is 1.73. The summed E-state index contributed by atoms with van der Waals surface area (Å²) in [4.78, 5) is 19.0. The lowest BCUT2D eigenvalue weighted by Gasteiger charge is -2.33. The van der Waals surface area contributed by atoms with Crippen LogP contribution in [-0.4, -0.2) is 28.9 Å². The average Bonchev–Trinajstić information content (AvgIpc) is 2.55. The molecule has 0 bridgehead atoms. The molecule has 1 aromatic carbocycles. The van der Waals surface area contributed by atoms with Crippen LogP contribution in [0.1, 0.15) is 38.2 Å². The Kier molecular flexibility index (Phi) is 4.41. The number of benzene rings is 1. The maximum absolute atomic E-state index is 12.6. The van der Waals surface area contributed by atoms with E-state index in [1.54, 1.807) is 6.20 Å². The number of amides is 1. The molecule has 1 aromatic heterocycles. The Morgan fingerprint density at radius 3 is 2.68 bits per heavy atom. The van der Waals surface area contributed by atoms with E-state index >= 15 is 0 Å². The first kappa shape index (κ1) is 15.0. The minimum Gasteiger partial charge on any atom is -0.342 e. The molecule has 1 amide bonds. The maximum Gasteiger partial charge on any atom is 0.227 e. The molecule has 3 nitrogen and oxygen atoms in total. The van der Waals surface area contributed by atoms with Crippen molar-refractivity contribution < 1.29 is 4.79 Å². The fourth-order valence-electron chi connectivity index (χ4n) is 3.43. The Labute approximate surface area is 132 Å². The second kappa shape index (κ2) is 6.47. The van der Waals surface area contributed by atoms with Crippen LogP contribution in [0.4, 0.5) is 0 Å². The van der Waals surface area contributed by atoms with Crippen molar-refractivity contribution in [3.05, 3.63) is 42.1 Å². The summed E-state index contributed by atoms with van der Waals surface area (Å²) in [5, 5.41) is 1.10. The fraction of sp³-hybridized carbons (Fsp3) is 0.474. The first-order valence-corrected chi connectivity index (χ1v) is 8.23. The quantitative estimate of drug-likeness (QED) is 0.863. The molecular weight excluding hydrogens is 272 g/mol. The summed E-state index contributed by atoms with van der Waals surface area (Å²) in [6.45, 7) is 2.31. The van der Waals surface area contributed by atoms with Crippen LogP contribution in [0.3, 0.4) is 0 Å². The Bertz CT molecular complexity index is 654. The van der Waals surface area contributed by atoms with Crippen LogP contribution < -0.4 is 0 Å². The lowest BCUT2D eigenvalue weighted by molar-refractivity contribution is -0.131. The van der Waals surface area contributed by atoms with E-state index in [9.17, 15) is 4.79 Å². The standard InChI is InChI=1S/C19H24N2O/c1-14-8-10-17(11-9-14)21(2)18(22)13-16-6-3-5-15-7-4-12-20-19(15)16/h3-7,12,14,17H,8-11,13H2,1-2H3. The lowest BCUT2D eigenvalue weighted by Crippen LogP contribution is -2.40. The number of aromatic nitrogens is 1. The van der Waals surface area contributed by atoms with Gasteiger partial charge in [0.15, 0.2) is 0 Å². The number of hydrogen-bond acceptors (Lipinski definition) is 2. The Morgan fingerprint density at radius 2 is 1.91 bits per heavy atom. The van der Waals surface area contributed by atoms with Crippen molar-refractivity contribution in [1.82, 2.24) is 9.88 Å². The van der Waals surface area contributed by atoms with Gasteiger partial charge in [-0.05, 0) is 43.2 Å². The van der Waals surface area contributed by atoms with Crippen molar-refractivity contribution in [3.63, 3.8) is 0 Å². The maximum atomic E-state index is 12.6. The van der Waals surface area contributed by atoms with Crippen LogP contribution in [0, 0.1) is 5.92 Å². The molecule has 1 fully saturated rings. The molecule has 0 radical (unpaired) electrons. The average molecular weight is 296 g/mol. The molecule has 1 saturated carbocycles. The molecule has 0 unspecified atom stereocenters. The zero-order valence-corrected chi connectivity index (χ0v) is 13.5. The first-order chi connectivity index (χ1) is 10.6. The molecule has 0 spiro atoms.